The molecule has 0 atom stereocenters. The van der Waals surface area contributed by atoms with Crippen molar-refractivity contribution in [3.8, 4) is 17.0 Å². The van der Waals surface area contributed by atoms with Gasteiger partial charge in [0.15, 0.2) is 15.5 Å². The Labute approximate surface area is 184 Å². The van der Waals surface area contributed by atoms with Crippen molar-refractivity contribution in [1.29, 1.82) is 0 Å². The van der Waals surface area contributed by atoms with Crippen molar-refractivity contribution in [3.63, 3.8) is 0 Å². The first-order valence-electron chi connectivity index (χ1n) is 9.99. The van der Waals surface area contributed by atoms with Crippen LogP contribution in [-0.2, 0) is 16.4 Å². The van der Waals surface area contributed by atoms with Gasteiger partial charge in [-0.25, -0.2) is 17.9 Å². The molecule has 4 rings (SSSR count). The Morgan fingerprint density at radius 1 is 1.22 bits per heavy atom. The van der Waals surface area contributed by atoms with Gasteiger partial charge in [0, 0.05) is 24.5 Å². The minimum absolute atomic E-state index is 0.0109. The largest absolute Gasteiger partial charge is 0.506 e. The highest BCUT2D eigenvalue weighted by molar-refractivity contribution is 7.91. The number of phenols is 1. The summed E-state index contributed by atoms with van der Waals surface area (Å²) >= 11 is 0. The molecule has 0 spiro atoms. The first-order valence-corrected chi connectivity index (χ1v) is 11.6. The molecule has 0 fully saturated rings. The summed E-state index contributed by atoms with van der Waals surface area (Å²) in [6.07, 6.45) is 4.87. The zero-order chi connectivity index (χ0) is 23.0. The molecule has 0 aliphatic rings. The van der Waals surface area contributed by atoms with Crippen molar-refractivity contribution < 1.29 is 18.3 Å². The van der Waals surface area contributed by atoms with E-state index in [1.807, 2.05) is 24.7 Å². The van der Waals surface area contributed by atoms with Crippen LogP contribution in [-0.4, -0.2) is 49.6 Å². The van der Waals surface area contributed by atoms with Crippen molar-refractivity contribution in [3.05, 3.63) is 54.1 Å². The number of benzene rings is 1. The van der Waals surface area contributed by atoms with Crippen molar-refractivity contribution in [1.82, 2.24) is 24.4 Å². The number of carbonyl (C=O) groups excluding carboxylic acids is 1. The molecule has 0 bridgehead atoms. The van der Waals surface area contributed by atoms with Gasteiger partial charge in [0.25, 0.3) is 5.91 Å². The maximum absolute atomic E-state index is 13.0. The fraction of sp³-hybridized carbons (Fsp3) is 0.238. The summed E-state index contributed by atoms with van der Waals surface area (Å²) in [5, 5.41) is 21.5. The molecule has 32 heavy (non-hydrogen) atoms. The molecule has 166 valence electrons. The van der Waals surface area contributed by atoms with Crippen molar-refractivity contribution in [2.45, 2.75) is 32.2 Å². The Kier molecular flexibility index (Phi) is 5.43. The van der Waals surface area contributed by atoms with E-state index < -0.39 is 15.7 Å². The van der Waals surface area contributed by atoms with Crippen LogP contribution >= 0.6 is 0 Å². The van der Waals surface area contributed by atoms with Crippen LogP contribution in [0.15, 0.2) is 47.8 Å². The molecule has 11 heteroatoms. The molecular weight excluding hydrogens is 432 g/mol. The Hall–Kier alpha value is -3.73. The van der Waals surface area contributed by atoms with Gasteiger partial charge in [-0.2, -0.15) is 10.2 Å². The third-order valence-corrected chi connectivity index (χ3v) is 6.88. The maximum Gasteiger partial charge on any atom is 0.261 e. The Bertz CT molecular complexity index is 1440. The maximum atomic E-state index is 13.0. The quantitative estimate of drug-likeness (QED) is 0.428. The number of nitrogens with one attached hydrogen (secondary N) is 1. The standard InChI is InChI=1S/C21H22N6O4S/c1-4-26-12-16(13(3)25-26)18-8-9-22-20-15(11-23-27(18)20)21(29)24-17-10-14(6-7-19(17)28)32(30,31)5-2/h6-12,28H,4-5H2,1-3H3,(H,24,29). The number of anilines is 1. The van der Waals surface area contributed by atoms with Gasteiger partial charge >= 0.3 is 0 Å². The SMILES string of the molecule is CCn1cc(-c2ccnc3c(C(=O)Nc4cc(S(=O)(=O)CC)ccc4O)cnn23)c(C)n1. The third-order valence-electron chi connectivity index (χ3n) is 5.15. The summed E-state index contributed by atoms with van der Waals surface area (Å²) in [5.41, 5.74) is 2.89. The van der Waals surface area contributed by atoms with Crippen LogP contribution in [0.4, 0.5) is 5.69 Å². The normalized spacial score (nSPS) is 11.7. The summed E-state index contributed by atoms with van der Waals surface area (Å²) in [4.78, 5) is 17.3. The average molecular weight is 455 g/mol. The van der Waals surface area contributed by atoms with Crippen LogP contribution in [0.3, 0.4) is 0 Å². The number of carbonyl (C=O) groups is 1. The van der Waals surface area contributed by atoms with Gasteiger partial charge in [-0.1, -0.05) is 6.92 Å². The van der Waals surface area contributed by atoms with E-state index in [0.29, 0.717) is 5.65 Å². The molecule has 1 amide bonds. The highest BCUT2D eigenvalue weighted by Gasteiger charge is 2.20. The molecule has 0 unspecified atom stereocenters. The smallest absolute Gasteiger partial charge is 0.261 e. The van der Waals surface area contributed by atoms with E-state index in [0.717, 1.165) is 23.5 Å². The van der Waals surface area contributed by atoms with Crippen LogP contribution in [0.5, 0.6) is 5.75 Å². The van der Waals surface area contributed by atoms with Crippen LogP contribution in [0, 0.1) is 6.92 Å². The number of phenolic OH excluding ortho intramolecular Hbond substituents is 1. The molecule has 0 saturated carbocycles. The van der Waals surface area contributed by atoms with Crippen molar-refractivity contribution >= 4 is 27.1 Å². The molecule has 0 aliphatic carbocycles. The molecule has 2 N–H and O–H groups in total. The first-order chi connectivity index (χ1) is 15.2. The van der Waals surface area contributed by atoms with E-state index >= 15 is 0 Å². The third kappa shape index (κ3) is 3.71. The number of aromatic nitrogens is 5. The molecule has 10 nitrogen and oxygen atoms in total. The van der Waals surface area contributed by atoms with Gasteiger partial charge < -0.3 is 10.4 Å². The van der Waals surface area contributed by atoms with Gasteiger partial charge in [0.1, 0.15) is 11.3 Å². The second-order valence-electron chi connectivity index (χ2n) is 7.14. The predicted octanol–water partition coefficient (Wildman–Crippen LogP) is 2.67. The Balaban J connectivity index is 1.72. The van der Waals surface area contributed by atoms with E-state index in [4.69, 9.17) is 0 Å². The van der Waals surface area contributed by atoms with E-state index in [1.54, 1.807) is 16.8 Å². The summed E-state index contributed by atoms with van der Waals surface area (Å²) in [5.74, 6) is -0.923. The molecule has 0 aliphatic heterocycles. The number of hydrogen-bond acceptors (Lipinski definition) is 7. The second-order valence-corrected chi connectivity index (χ2v) is 9.42. The minimum Gasteiger partial charge on any atom is -0.506 e. The highest BCUT2D eigenvalue weighted by atomic mass is 32.2. The lowest BCUT2D eigenvalue weighted by atomic mass is 10.2. The van der Waals surface area contributed by atoms with Gasteiger partial charge in [-0.3, -0.25) is 9.48 Å². The van der Waals surface area contributed by atoms with Crippen molar-refractivity contribution in [2.24, 2.45) is 0 Å². The number of aromatic hydroxyl groups is 1. The molecule has 1 aromatic carbocycles. The van der Waals surface area contributed by atoms with Crippen molar-refractivity contribution in [2.75, 3.05) is 11.1 Å². The lowest BCUT2D eigenvalue weighted by Gasteiger charge is -2.09. The fourth-order valence-corrected chi connectivity index (χ4v) is 4.26. The second kappa shape index (κ2) is 8.08. The first kappa shape index (κ1) is 21.5. The lowest BCUT2D eigenvalue weighted by molar-refractivity contribution is 0.102. The Morgan fingerprint density at radius 2 is 2.00 bits per heavy atom. The summed E-state index contributed by atoms with van der Waals surface area (Å²) in [6, 6.07) is 5.56. The number of sulfone groups is 1. The molecule has 0 radical (unpaired) electrons. The van der Waals surface area contributed by atoms with Crippen LogP contribution in [0.2, 0.25) is 0 Å². The Morgan fingerprint density at radius 3 is 2.69 bits per heavy atom. The molecular formula is C21H22N6O4S. The molecule has 3 aromatic heterocycles. The number of fused-ring (bicyclic) bond motifs is 1. The minimum atomic E-state index is -3.50. The topological polar surface area (TPSA) is 131 Å². The zero-order valence-electron chi connectivity index (χ0n) is 17.8. The van der Waals surface area contributed by atoms with Gasteiger partial charge in [-0.05, 0) is 38.1 Å². The summed E-state index contributed by atoms with van der Waals surface area (Å²) in [7, 11) is -3.50. The highest BCUT2D eigenvalue weighted by Crippen LogP contribution is 2.28. The van der Waals surface area contributed by atoms with Crippen LogP contribution in [0.25, 0.3) is 16.9 Å². The predicted molar refractivity (Wildman–Crippen MR) is 118 cm³/mol. The lowest BCUT2D eigenvalue weighted by Crippen LogP contribution is -2.13. The van der Waals surface area contributed by atoms with Crippen LogP contribution in [0.1, 0.15) is 29.9 Å². The van der Waals surface area contributed by atoms with E-state index in [1.165, 1.54) is 31.3 Å². The molecule has 3 heterocycles. The number of aryl methyl sites for hydroxylation is 2. The van der Waals surface area contributed by atoms with E-state index in [-0.39, 0.29) is 27.6 Å². The van der Waals surface area contributed by atoms with Gasteiger partial charge in [0.2, 0.25) is 0 Å². The van der Waals surface area contributed by atoms with E-state index in [9.17, 15) is 18.3 Å². The molecule has 0 saturated heterocycles. The van der Waals surface area contributed by atoms with Gasteiger partial charge in [-0.15, -0.1) is 0 Å². The van der Waals surface area contributed by atoms with Gasteiger partial charge in [0.05, 0.1) is 33.9 Å². The summed E-state index contributed by atoms with van der Waals surface area (Å²) < 4.78 is 27.7. The number of rotatable bonds is 6. The summed E-state index contributed by atoms with van der Waals surface area (Å²) in [6.45, 7) is 6.13. The number of hydrogen-bond donors (Lipinski definition) is 2. The average Bonchev–Trinajstić information content (AvgIpc) is 3.38. The monoisotopic (exact) mass is 454 g/mol. The zero-order valence-corrected chi connectivity index (χ0v) is 18.6. The molecule has 4 aromatic rings. The number of amides is 1. The number of nitrogens with zero attached hydrogens (tertiary/aromatic N) is 5. The van der Waals surface area contributed by atoms with E-state index in [2.05, 4.69) is 20.5 Å². The van der Waals surface area contributed by atoms with Crippen LogP contribution < -0.4 is 5.32 Å². The fourth-order valence-electron chi connectivity index (χ4n) is 3.35.